The summed E-state index contributed by atoms with van der Waals surface area (Å²) >= 11 is 1.42. The topological polar surface area (TPSA) is 69.0 Å². The van der Waals surface area contributed by atoms with Crippen LogP contribution in [0.5, 0.6) is 0 Å². The van der Waals surface area contributed by atoms with Gasteiger partial charge >= 0.3 is 0 Å². The van der Waals surface area contributed by atoms with Crippen LogP contribution in [0.25, 0.3) is 0 Å². The summed E-state index contributed by atoms with van der Waals surface area (Å²) in [6.07, 6.45) is 5.02. The van der Waals surface area contributed by atoms with E-state index in [1.165, 1.54) is 24.6 Å². The lowest BCUT2D eigenvalue weighted by Gasteiger charge is -2.07. The van der Waals surface area contributed by atoms with Gasteiger partial charge in [0, 0.05) is 32.7 Å². The quantitative estimate of drug-likeness (QED) is 0.404. The molecule has 2 rings (SSSR count). The van der Waals surface area contributed by atoms with Crippen LogP contribution in [0.3, 0.4) is 0 Å². The Morgan fingerprint density at radius 2 is 2.38 bits per heavy atom. The van der Waals surface area contributed by atoms with Crippen LogP contribution in [0, 0.1) is 0 Å². The van der Waals surface area contributed by atoms with Gasteiger partial charge in [0.2, 0.25) is 5.91 Å². The molecule has 1 amide bonds. The molecule has 7 heteroatoms. The van der Waals surface area contributed by atoms with Crippen LogP contribution >= 0.6 is 11.8 Å². The van der Waals surface area contributed by atoms with E-state index in [0.717, 1.165) is 17.4 Å². The fourth-order valence-electron chi connectivity index (χ4n) is 1.98. The molecule has 1 fully saturated rings. The zero-order valence-electron chi connectivity index (χ0n) is 12.4. The molecular weight excluding hydrogens is 288 g/mol. The summed E-state index contributed by atoms with van der Waals surface area (Å²) in [7, 11) is 1.65. The minimum atomic E-state index is 0.0113. The Balaban J connectivity index is 1.82. The molecule has 0 saturated heterocycles. The summed E-state index contributed by atoms with van der Waals surface area (Å²) in [5, 5.41) is 12.1. The fraction of sp³-hybridized carbons (Fsp3) is 0.643. The van der Waals surface area contributed by atoms with E-state index in [-0.39, 0.29) is 5.91 Å². The van der Waals surface area contributed by atoms with Gasteiger partial charge in [0.25, 0.3) is 0 Å². The minimum absolute atomic E-state index is 0.0113. The van der Waals surface area contributed by atoms with E-state index in [1.807, 2.05) is 6.08 Å². The average molecular weight is 310 g/mol. The Morgan fingerprint density at radius 3 is 3.05 bits per heavy atom. The number of carbonyl (C=O) groups is 1. The van der Waals surface area contributed by atoms with Crippen molar-refractivity contribution in [1.82, 2.24) is 20.1 Å². The zero-order chi connectivity index (χ0) is 15.1. The molecule has 0 radical (unpaired) electrons. The van der Waals surface area contributed by atoms with Crippen LogP contribution in [-0.4, -0.2) is 46.7 Å². The smallest absolute Gasteiger partial charge is 0.230 e. The lowest BCUT2D eigenvalue weighted by Crippen LogP contribution is -2.27. The third kappa shape index (κ3) is 4.86. The lowest BCUT2D eigenvalue weighted by molar-refractivity contribution is -0.118. The number of hydrogen-bond donors (Lipinski definition) is 1. The highest BCUT2D eigenvalue weighted by atomic mass is 32.2. The van der Waals surface area contributed by atoms with Gasteiger partial charge in [-0.1, -0.05) is 17.8 Å². The van der Waals surface area contributed by atoms with Crippen molar-refractivity contribution in [2.24, 2.45) is 0 Å². The van der Waals surface area contributed by atoms with Gasteiger partial charge in [-0.3, -0.25) is 4.79 Å². The molecule has 6 nitrogen and oxygen atoms in total. The first-order valence-electron chi connectivity index (χ1n) is 7.18. The number of aromatic nitrogens is 3. The van der Waals surface area contributed by atoms with Crippen molar-refractivity contribution >= 4 is 17.7 Å². The van der Waals surface area contributed by atoms with Gasteiger partial charge in [-0.05, 0) is 19.3 Å². The Bertz CT molecular complexity index is 485. The van der Waals surface area contributed by atoms with Gasteiger partial charge in [-0.2, -0.15) is 0 Å². The molecule has 1 N–H and O–H groups in total. The van der Waals surface area contributed by atoms with E-state index in [9.17, 15) is 4.79 Å². The molecule has 1 saturated carbocycles. The molecule has 1 aromatic rings. The number of thioether (sulfide) groups is 1. The maximum atomic E-state index is 11.8. The van der Waals surface area contributed by atoms with Crippen LogP contribution in [0.4, 0.5) is 0 Å². The number of allylic oxidation sites excluding steroid dienone is 1. The molecule has 0 aromatic carbocycles. The van der Waals surface area contributed by atoms with Gasteiger partial charge in [0.1, 0.15) is 5.82 Å². The monoisotopic (exact) mass is 310 g/mol. The highest BCUT2D eigenvalue weighted by Crippen LogP contribution is 2.39. The molecule has 0 aliphatic heterocycles. The normalized spacial score (nSPS) is 14.1. The van der Waals surface area contributed by atoms with Gasteiger partial charge < -0.3 is 14.6 Å². The van der Waals surface area contributed by atoms with Gasteiger partial charge in [0.15, 0.2) is 5.16 Å². The molecule has 1 aliphatic rings. The summed E-state index contributed by atoms with van der Waals surface area (Å²) < 4.78 is 7.00. The SMILES string of the molecule is C=CCn1c(SCC(=O)NCCCOC)nnc1C1CC1. The van der Waals surface area contributed by atoms with E-state index in [4.69, 9.17) is 4.74 Å². The first kappa shape index (κ1) is 16.0. The number of carbonyl (C=O) groups excluding carboxylic acids is 1. The number of amides is 1. The van der Waals surface area contributed by atoms with Crippen molar-refractivity contribution in [3.05, 3.63) is 18.5 Å². The maximum Gasteiger partial charge on any atom is 0.230 e. The second-order valence-electron chi connectivity index (χ2n) is 5.00. The Kier molecular flexibility index (Phi) is 6.25. The second kappa shape index (κ2) is 8.19. The van der Waals surface area contributed by atoms with Crippen molar-refractivity contribution in [2.75, 3.05) is 26.0 Å². The third-order valence-electron chi connectivity index (χ3n) is 3.18. The van der Waals surface area contributed by atoms with Crippen molar-refractivity contribution < 1.29 is 9.53 Å². The molecule has 1 heterocycles. The van der Waals surface area contributed by atoms with Crippen LogP contribution in [0.2, 0.25) is 0 Å². The summed E-state index contributed by atoms with van der Waals surface area (Å²) in [5.41, 5.74) is 0. The van der Waals surface area contributed by atoms with Gasteiger partial charge in [-0.15, -0.1) is 16.8 Å². The molecule has 0 unspecified atom stereocenters. The summed E-state index contributed by atoms with van der Waals surface area (Å²) in [5.74, 6) is 1.93. The van der Waals surface area contributed by atoms with Crippen molar-refractivity contribution in [3.63, 3.8) is 0 Å². The molecule has 116 valence electrons. The number of hydrogen-bond acceptors (Lipinski definition) is 5. The predicted molar refractivity (Wildman–Crippen MR) is 82.4 cm³/mol. The molecule has 0 atom stereocenters. The lowest BCUT2D eigenvalue weighted by atomic mass is 10.4. The molecule has 1 aromatic heterocycles. The van der Waals surface area contributed by atoms with Crippen LogP contribution in [0.1, 0.15) is 31.0 Å². The first-order chi connectivity index (χ1) is 10.3. The first-order valence-corrected chi connectivity index (χ1v) is 8.17. The number of ether oxygens (including phenoxy) is 1. The number of rotatable bonds is 10. The molecule has 0 spiro atoms. The van der Waals surface area contributed by atoms with E-state index >= 15 is 0 Å². The van der Waals surface area contributed by atoms with E-state index in [1.54, 1.807) is 7.11 Å². The zero-order valence-corrected chi connectivity index (χ0v) is 13.2. The maximum absolute atomic E-state index is 11.8. The highest BCUT2D eigenvalue weighted by Gasteiger charge is 2.30. The van der Waals surface area contributed by atoms with E-state index < -0.39 is 0 Å². The van der Waals surface area contributed by atoms with Gasteiger partial charge in [0.05, 0.1) is 5.75 Å². The van der Waals surface area contributed by atoms with Crippen LogP contribution < -0.4 is 5.32 Å². The second-order valence-corrected chi connectivity index (χ2v) is 5.94. The largest absolute Gasteiger partial charge is 0.385 e. The minimum Gasteiger partial charge on any atom is -0.385 e. The summed E-state index contributed by atoms with van der Waals surface area (Å²) in [4.78, 5) is 11.8. The summed E-state index contributed by atoms with van der Waals surface area (Å²) in [6.45, 7) is 5.76. The number of methoxy groups -OCH3 is 1. The van der Waals surface area contributed by atoms with E-state index in [0.29, 0.717) is 31.4 Å². The Morgan fingerprint density at radius 1 is 1.57 bits per heavy atom. The third-order valence-corrected chi connectivity index (χ3v) is 4.15. The molecular formula is C14H22N4O2S. The molecule has 1 aliphatic carbocycles. The van der Waals surface area contributed by atoms with Crippen molar-refractivity contribution in [2.45, 2.75) is 36.9 Å². The molecule has 21 heavy (non-hydrogen) atoms. The van der Waals surface area contributed by atoms with Crippen molar-refractivity contribution in [3.8, 4) is 0 Å². The van der Waals surface area contributed by atoms with Crippen LogP contribution in [-0.2, 0) is 16.1 Å². The predicted octanol–water partition coefficient (Wildman–Crippen LogP) is 1.59. The standard InChI is InChI=1S/C14H22N4O2S/c1-3-8-18-13(11-5-6-11)16-17-14(18)21-10-12(19)15-7-4-9-20-2/h3,11H,1,4-10H2,2H3,(H,15,19). The fourth-order valence-corrected chi connectivity index (χ4v) is 2.76. The Labute approximate surface area is 129 Å². The Hall–Kier alpha value is -1.34. The van der Waals surface area contributed by atoms with Crippen LogP contribution in [0.15, 0.2) is 17.8 Å². The highest BCUT2D eigenvalue weighted by molar-refractivity contribution is 7.99. The average Bonchev–Trinajstić information content (AvgIpc) is 3.25. The number of nitrogens with zero attached hydrogens (tertiary/aromatic N) is 3. The van der Waals surface area contributed by atoms with Gasteiger partial charge in [-0.25, -0.2) is 0 Å². The van der Waals surface area contributed by atoms with E-state index in [2.05, 4.69) is 26.7 Å². The van der Waals surface area contributed by atoms with Crippen molar-refractivity contribution in [1.29, 1.82) is 0 Å². The molecule has 0 bridgehead atoms. The number of nitrogens with one attached hydrogen (secondary N) is 1. The summed E-state index contributed by atoms with van der Waals surface area (Å²) in [6, 6.07) is 0.